The predicted molar refractivity (Wildman–Crippen MR) is 78.3 cm³/mol. The van der Waals surface area contributed by atoms with E-state index in [-0.39, 0.29) is 11.9 Å². The van der Waals surface area contributed by atoms with Gasteiger partial charge >= 0.3 is 0 Å². The van der Waals surface area contributed by atoms with Crippen LogP contribution in [0.15, 0.2) is 24.3 Å². The number of nitrogens with one attached hydrogen (secondary N) is 1. The molecule has 1 aliphatic rings. The van der Waals surface area contributed by atoms with Gasteiger partial charge in [-0.2, -0.15) is 0 Å². The van der Waals surface area contributed by atoms with Gasteiger partial charge in [0.05, 0.1) is 6.54 Å². The van der Waals surface area contributed by atoms with Crippen LogP contribution in [0.25, 0.3) is 0 Å². The second kappa shape index (κ2) is 6.92. The van der Waals surface area contributed by atoms with Crippen molar-refractivity contribution in [3.63, 3.8) is 0 Å². The van der Waals surface area contributed by atoms with Crippen LogP contribution in [0.1, 0.15) is 37.8 Å². The van der Waals surface area contributed by atoms with Crippen LogP contribution in [-0.4, -0.2) is 30.4 Å². The van der Waals surface area contributed by atoms with Crippen LogP contribution in [0.4, 0.5) is 0 Å². The Balaban J connectivity index is 1.84. The fraction of sp³-hybridized carbons (Fsp3) is 0.533. The van der Waals surface area contributed by atoms with Crippen molar-refractivity contribution in [2.45, 2.75) is 32.2 Å². The second-order valence-corrected chi connectivity index (χ2v) is 5.47. The Morgan fingerprint density at radius 2 is 2.00 bits per heavy atom. The normalized spacial score (nSPS) is 17.3. The molecule has 1 saturated heterocycles. The number of nitrogens with zero attached hydrogens (tertiary/aromatic N) is 1. The maximum absolute atomic E-state index is 12.0. The Kier molecular flexibility index (Phi) is 5.23. The van der Waals surface area contributed by atoms with Crippen molar-refractivity contribution in [3.8, 4) is 0 Å². The van der Waals surface area contributed by atoms with Crippen molar-refractivity contribution >= 4 is 17.5 Å². The zero-order valence-corrected chi connectivity index (χ0v) is 12.1. The summed E-state index contributed by atoms with van der Waals surface area (Å²) in [6, 6.07) is 7.83. The van der Waals surface area contributed by atoms with Crippen molar-refractivity contribution in [1.29, 1.82) is 0 Å². The molecule has 0 bridgehead atoms. The number of carbonyl (C=O) groups is 1. The first kappa shape index (κ1) is 14.4. The highest BCUT2D eigenvalue weighted by Gasteiger charge is 2.17. The Labute approximate surface area is 119 Å². The minimum atomic E-state index is 0.0856. The fourth-order valence-electron chi connectivity index (χ4n) is 2.43. The molecule has 1 aromatic rings. The molecule has 0 aliphatic carbocycles. The molecule has 2 rings (SSSR count). The lowest BCUT2D eigenvalue weighted by Gasteiger charge is -2.27. The van der Waals surface area contributed by atoms with E-state index in [1.165, 1.54) is 6.42 Å². The molecule has 1 unspecified atom stereocenters. The summed E-state index contributed by atoms with van der Waals surface area (Å²) in [4.78, 5) is 14.0. The lowest BCUT2D eigenvalue weighted by atomic mass is 10.1. The molecule has 0 radical (unpaired) electrons. The van der Waals surface area contributed by atoms with E-state index < -0.39 is 0 Å². The number of amides is 1. The van der Waals surface area contributed by atoms with E-state index in [2.05, 4.69) is 5.32 Å². The summed E-state index contributed by atoms with van der Waals surface area (Å²) in [5.41, 5.74) is 1.04. The van der Waals surface area contributed by atoms with Gasteiger partial charge < -0.3 is 10.2 Å². The molecule has 1 heterocycles. The molecular formula is C15H21ClN2O. The third kappa shape index (κ3) is 3.95. The minimum Gasteiger partial charge on any atom is -0.342 e. The third-order valence-corrected chi connectivity index (χ3v) is 3.98. The van der Waals surface area contributed by atoms with E-state index in [1.807, 2.05) is 36.1 Å². The van der Waals surface area contributed by atoms with Crippen LogP contribution in [-0.2, 0) is 4.79 Å². The average Bonchev–Trinajstić information content (AvgIpc) is 2.46. The molecule has 1 aromatic carbocycles. The van der Waals surface area contributed by atoms with E-state index in [9.17, 15) is 4.79 Å². The lowest BCUT2D eigenvalue weighted by Crippen LogP contribution is -2.41. The van der Waals surface area contributed by atoms with Gasteiger partial charge in [0.25, 0.3) is 0 Å². The van der Waals surface area contributed by atoms with Crippen LogP contribution in [0, 0.1) is 0 Å². The first-order valence-corrected chi connectivity index (χ1v) is 7.32. The van der Waals surface area contributed by atoms with Crippen molar-refractivity contribution in [3.05, 3.63) is 34.9 Å². The number of hydrogen-bond acceptors (Lipinski definition) is 2. The van der Waals surface area contributed by atoms with Gasteiger partial charge in [-0.1, -0.05) is 29.8 Å². The molecule has 1 aliphatic heterocycles. The summed E-state index contributed by atoms with van der Waals surface area (Å²) in [6.07, 6.45) is 3.50. The highest BCUT2D eigenvalue weighted by atomic mass is 35.5. The summed E-state index contributed by atoms with van der Waals surface area (Å²) >= 11 is 6.15. The van der Waals surface area contributed by atoms with Crippen molar-refractivity contribution in [2.75, 3.05) is 19.6 Å². The maximum atomic E-state index is 12.0. The van der Waals surface area contributed by atoms with Crippen LogP contribution < -0.4 is 5.32 Å². The monoisotopic (exact) mass is 280 g/mol. The van der Waals surface area contributed by atoms with Gasteiger partial charge in [0.1, 0.15) is 0 Å². The molecule has 104 valence electrons. The first-order valence-electron chi connectivity index (χ1n) is 6.94. The Hall–Kier alpha value is -1.06. The largest absolute Gasteiger partial charge is 0.342 e. The van der Waals surface area contributed by atoms with Gasteiger partial charge in [-0.3, -0.25) is 4.79 Å². The molecule has 1 N–H and O–H groups in total. The highest BCUT2D eigenvalue weighted by Crippen LogP contribution is 2.21. The molecule has 4 heteroatoms. The van der Waals surface area contributed by atoms with Gasteiger partial charge in [-0.15, -0.1) is 0 Å². The summed E-state index contributed by atoms with van der Waals surface area (Å²) in [5, 5.41) is 4.00. The second-order valence-electron chi connectivity index (χ2n) is 5.07. The van der Waals surface area contributed by atoms with Gasteiger partial charge in [-0.25, -0.2) is 0 Å². The smallest absolute Gasteiger partial charge is 0.236 e. The van der Waals surface area contributed by atoms with Crippen molar-refractivity contribution in [2.24, 2.45) is 0 Å². The Morgan fingerprint density at radius 3 is 2.68 bits per heavy atom. The van der Waals surface area contributed by atoms with Crippen LogP contribution in [0.5, 0.6) is 0 Å². The Bertz CT molecular complexity index is 430. The van der Waals surface area contributed by atoms with Gasteiger partial charge in [0.2, 0.25) is 5.91 Å². The summed E-state index contributed by atoms with van der Waals surface area (Å²) in [6.45, 7) is 4.22. The average molecular weight is 281 g/mol. The molecule has 1 fully saturated rings. The standard InChI is InChI=1S/C15H21ClN2O/c1-12(13-7-3-4-8-14(13)16)17-11-15(19)18-9-5-2-6-10-18/h3-4,7-8,12,17H,2,5-6,9-11H2,1H3. The number of rotatable bonds is 4. The first-order chi connectivity index (χ1) is 9.18. The van der Waals surface area contributed by atoms with E-state index in [0.717, 1.165) is 36.5 Å². The summed E-state index contributed by atoms with van der Waals surface area (Å²) in [7, 11) is 0. The number of piperidine rings is 1. The molecule has 0 spiro atoms. The van der Waals surface area contributed by atoms with E-state index >= 15 is 0 Å². The quantitative estimate of drug-likeness (QED) is 0.920. The summed E-state index contributed by atoms with van der Waals surface area (Å²) in [5.74, 6) is 0.193. The molecule has 19 heavy (non-hydrogen) atoms. The Morgan fingerprint density at radius 1 is 1.32 bits per heavy atom. The number of hydrogen-bond donors (Lipinski definition) is 1. The number of benzene rings is 1. The third-order valence-electron chi connectivity index (χ3n) is 3.64. The van der Waals surface area contributed by atoms with Crippen molar-refractivity contribution < 1.29 is 4.79 Å². The molecule has 0 aromatic heterocycles. The molecule has 1 amide bonds. The molecule has 3 nitrogen and oxygen atoms in total. The fourth-order valence-corrected chi connectivity index (χ4v) is 2.73. The topological polar surface area (TPSA) is 32.3 Å². The van der Waals surface area contributed by atoms with E-state index in [4.69, 9.17) is 11.6 Å². The van der Waals surface area contributed by atoms with Gasteiger partial charge in [0.15, 0.2) is 0 Å². The zero-order valence-electron chi connectivity index (χ0n) is 11.4. The highest BCUT2D eigenvalue weighted by molar-refractivity contribution is 6.31. The number of halogens is 1. The number of carbonyl (C=O) groups excluding carboxylic acids is 1. The van der Waals surface area contributed by atoms with E-state index in [0.29, 0.717) is 6.54 Å². The molecule has 1 atom stereocenters. The zero-order chi connectivity index (χ0) is 13.7. The summed E-state index contributed by atoms with van der Waals surface area (Å²) < 4.78 is 0. The number of likely N-dealkylation sites (tertiary alicyclic amines) is 1. The molecule has 0 saturated carbocycles. The predicted octanol–water partition coefficient (Wildman–Crippen LogP) is 3.00. The minimum absolute atomic E-state index is 0.0856. The van der Waals surface area contributed by atoms with Crippen LogP contribution in [0.3, 0.4) is 0 Å². The van der Waals surface area contributed by atoms with Gasteiger partial charge in [0, 0.05) is 24.2 Å². The van der Waals surface area contributed by atoms with Crippen LogP contribution in [0.2, 0.25) is 5.02 Å². The van der Waals surface area contributed by atoms with Crippen LogP contribution >= 0.6 is 11.6 Å². The van der Waals surface area contributed by atoms with Gasteiger partial charge in [-0.05, 0) is 37.8 Å². The lowest BCUT2D eigenvalue weighted by molar-refractivity contribution is -0.131. The van der Waals surface area contributed by atoms with E-state index in [1.54, 1.807) is 0 Å². The molecular weight excluding hydrogens is 260 g/mol. The SMILES string of the molecule is CC(NCC(=O)N1CCCCC1)c1ccccc1Cl. The maximum Gasteiger partial charge on any atom is 0.236 e. The van der Waals surface area contributed by atoms with Crippen molar-refractivity contribution in [1.82, 2.24) is 10.2 Å².